The lowest BCUT2D eigenvalue weighted by atomic mass is 10.1. The number of carbonyl (C=O) groups excluding carboxylic acids is 3. The summed E-state index contributed by atoms with van der Waals surface area (Å²) < 4.78 is 0. The van der Waals surface area contributed by atoms with E-state index < -0.39 is 6.04 Å². The molecular formula is C17H19N3O3. The number of fused-ring (bicyclic) bond motifs is 1. The maximum Gasteiger partial charge on any atom is 0.328 e. The lowest BCUT2D eigenvalue weighted by molar-refractivity contribution is -0.138. The molecule has 0 N–H and O–H groups in total. The molecule has 0 bridgehead atoms. The molecule has 3 aliphatic heterocycles. The molecule has 23 heavy (non-hydrogen) atoms. The van der Waals surface area contributed by atoms with Gasteiger partial charge in [-0.05, 0) is 24.8 Å². The van der Waals surface area contributed by atoms with Crippen LogP contribution in [0.5, 0.6) is 0 Å². The van der Waals surface area contributed by atoms with Crippen LogP contribution >= 0.6 is 0 Å². The summed E-state index contributed by atoms with van der Waals surface area (Å²) in [6.07, 6.45) is 2.12. The first kappa shape index (κ1) is 14.2. The highest BCUT2D eigenvalue weighted by molar-refractivity contribution is 6.08. The highest BCUT2D eigenvalue weighted by Crippen LogP contribution is 2.31. The van der Waals surface area contributed by atoms with Crippen molar-refractivity contribution in [2.24, 2.45) is 0 Å². The third-order valence-corrected chi connectivity index (χ3v) is 5.02. The molecule has 0 radical (unpaired) electrons. The molecule has 3 aliphatic rings. The van der Waals surface area contributed by atoms with Crippen molar-refractivity contribution in [1.82, 2.24) is 14.7 Å². The Bertz CT molecular complexity index is 638. The summed E-state index contributed by atoms with van der Waals surface area (Å²) in [5.74, 6) is -0.302. The molecule has 1 aromatic rings. The minimum atomic E-state index is -0.621. The lowest BCUT2D eigenvalue weighted by Gasteiger charge is -2.22. The molecule has 4 amide bonds. The fourth-order valence-electron chi connectivity index (χ4n) is 3.86. The van der Waals surface area contributed by atoms with E-state index >= 15 is 0 Å². The molecule has 6 heteroatoms. The largest absolute Gasteiger partial charge is 0.336 e. The van der Waals surface area contributed by atoms with Crippen molar-refractivity contribution in [2.45, 2.75) is 37.9 Å². The first-order chi connectivity index (χ1) is 11.2. The summed E-state index contributed by atoms with van der Waals surface area (Å²) in [5.41, 5.74) is 1.06. The number of imide groups is 1. The van der Waals surface area contributed by atoms with Crippen molar-refractivity contribution in [1.29, 1.82) is 0 Å². The van der Waals surface area contributed by atoms with Gasteiger partial charge >= 0.3 is 6.03 Å². The van der Waals surface area contributed by atoms with Crippen LogP contribution in [0.3, 0.4) is 0 Å². The zero-order valence-corrected chi connectivity index (χ0v) is 12.9. The van der Waals surface area contributed by atoms with Gasteiger partial charge in [0.25, 0.3) is 5.91 Å². The van der Waals surface area contributed by atoms with Gasteiger partial charge in [0.05, 0.1) is 0 Å². The molecule has 0 spiro atoms. The molecule has 2 atom stereocenters. The first-order valence-electron chi connectivity index (χ1n) is 8.13. The lowest BCUT2D eigenvalue weighted by Crippen LogP contribution is -2.46. The van der Waals surface area contributed by atoms with Gasteiger partial charge in [0.15, 0.2) is 0 Å². The number of carbonyl (C=O) groups is 3. The summed E-state index contributed by atoms with van der Waals surface area (Å²) in [6, 6.07) is 8.53. The average molecular weight is 313 g/mol. The molecule has 120 valence electrons. The number of hydrogen-bond donors (Lipinski definition) is 0. The number of urea groups is 1. The van der Waals surface area contributed by atoms with E-state index in [4.69, 9.17) is 0 Å². The molecule has 1 aromatic carbocycles. The van der Waals surface area contributed by atoms with Crippen LogP contribution in [0.25, 0.3) is 0 Å². The number of benzene rings is 1. The molecule has 3 saturated heterocycles. The van der Waals surface area contributed by atoms with E-state index in [2.05, 4.69) is 0 Å². The van der Waals surface area contributed by atoms with Gasteiger partial charge in [-0.15, -0.1) is 0 Å². The fourth-order valence-corrected chi connectivity index (χ4v) is 3.86. The van der Waals surface area contributed by atoms with Crippen LogP contribution in [0.1, 0.15) is 24.8 Å². The van der Waals surface area contributed by atoms with Crippen molar-refractivity contribution < 1.29 is 14.4 Å². The Morgan fingerprint density at radius 1 is 0.913 bits per heavy atom. The van der Waals surface area contributed by atoms with E-state index in [1.807, 2.05) is 30.3 Å². The highest BCUT2D eigenvalue weighted by atomic mass is 16.2. The van der Waals surface area contributed by atoms with E-state index in [-0.39, 0.29) is 23.9 Å². The minimum absolute atomic E-state index is 0.114. The summed E-state index contributed by atoms with van der Waals surface area (Å²) in [5, 5.41) is 0. The van der Waals surface area contributed by atoms with Gasteiger partial charge in [0, 0.05) is 19.6 Å². The highest BCUT2D eigenvalue weighted by Gasteiger charge is 2.53. The SMILES string of the molecule is O=C1C(N2C(=O)[C@@H]3CCCN3C2=O)CCN1Cc1ccccc1. The van der Waals surface area contributed by atoms with Crippen molar-refractivity contribution in [2.75, 3.05) is 13.1 Å². The molecule has 0 saturated carbocycles. The Balaban J connectivity index is 1.50. The zero-order chi connectivity index (χ0) is 16.0. The van der Waals surface area contributed by atoms with Crippen LogP contribution < -0.4 is 0 Å². The Labute approximate surface area is 134 Å². The van der Waals surface area contributed by atoms with Gasteiger partial charge in [-0.2, -0.15) is 0 Å². The standard InChI is InChI=1S/C17H19N3O3/c21-15-14(8-10-18(15)11-12-5-2-1-3-6-12)20-16(22)13-7-4-9-19(13)17(20)23/h1-3,5-6,13-14H,4,7-11H2/t13-,14?/m0/s1. The van der Waals surface area contributed by atoms with E-state index in [0.29, 0.717) is 26.1 Å². The molecule has 6 nitrogen and oxygen atoms in total. The average Bonchev–Trinajstić information content (AvgIpc) is 3.22. The van der Waals surface area contributed by atoms with Gasteiger partial charge < -0.3 is 9.80 Å². The fraction of sp³-hybridized carbons (Fsp3) is 0.471. The van der Waals surface area contributed by atoms with Crippen molar-refractivity contribution in [3.8, 4) is 0 Å². The second kappa shape index (κ2) is 5.37. The second-order valence-corrected chi connectivity index (χ2v) is 6.39. The molecule has 3 heterocycles. The molecule has 0 aliphatic carbocycles. The maximum absolute atomic E-state index is 12.7. The van der Waals surface area contributed by atoms with Crippen molar-refractivity contribution in [3.05, 3.63) is 35.9 Å². The first-order valence-corrected chi connectivity index (χ1v) is 8.13. The summed E-state index contributed by atoms with van der Waals surface area (Å²) >= 11 is 0. The van der Waals surface area contributed by atoms with Gasteiger partial charge in [-0.1, -0.05) is 30.3 Å². The third kappa shape index (κ3) is 2.20. The number of nitrogens with zero attached hydrogens (tertiary/aromatic N) is 3. The number of hydrogen-bond acceptors (Lipinski definition) is 3. The summed E-state index contributed by atoms with van der Waals surface area (Å²) in [6.45, 7) is 1.74. The topological polar surface area (TPSA) is 60.9 Å². The van der Waals surface area contributed by atoms with Crippen LogP contribution in [-0.2, 0) is 16.1 Å². The van der Waals surface area contributed by atoms with Crippen LogP contribution in [0.15, 0.2) is 30.3 Å². The van der Waals surface area contributed by atoms with Gasteiger partial charge in [0.1, 0.15) is 12.1 Å². The van der Waals surface area contributed by atoms with Gasteiger partial charge in [0.2, 0.25) is 5.91 Å². The zero-order valence-electron chi connectivity index (χ0n) is 12.9. The minimum Gasteiger partial charge on any atom is -0.336 e. The van der Waals surface area contributed by atoms with Gasteiger partial charge in [-0.3, -0.25) is 9.59 Å². The van der Waals surface area contributed by atoms with Gasteiger partial charge in [-0.25, -0.2) is 9.69 Å². The molecule has 1 unspecified atom stereocenters. The molecule has 4 rings (SSSR count). The quantitative estimate of drug-likeness (QED) is 0.788. The van der Waals surface area contributed by atoms with E-state index in [0.717, 1.165) is 18.4 Å². The Hall–Kier alpha value is -2.37. The predicted molar refractivity (Wildman–Crippen MR) is 82.2 cm³/mol. The monoisotopic (exact) mass is 313 g/mol. The summed E-state index contributed by atoms with van der Waals surface area (Å²) in [7, 11) is 0. The Morgan fingerprint density at radius 2 is 1.70 bits per heavy atom. The van der Waals surface area contributed by atoms with Crippen LogP contribution in [-0.4, -0.2) is 57.7 Å². The van der Waals surface area contributed by atoms with E-state index in [9.17, 15) is 14.4 Å². The smallest absolute Gasteiger partial charge is 0.328 e. The molecule has 3 fully saturated rings. The van der Waals surface area contributed by atoms with Crippen LogP contribution in [0.2, 0.25) is 0 Å². The number of rotatable bonds is 3. The van der Waals surface area contributed by atoms with Crippen molar-refractivity contribution >= 4 is 17.8 Å². The Morgan fingerprint density at radius 3 is 2.43 bits per heavy atom. The summed E-state index contributed by atoms with van der Waals surface area (Å²) in [4.78, 5) is 42.2. The van der Waals surface area contributed by atoms with E-state index in [1.165, 1.54) is 4.90 Å². The maximum atomic E-state index is 12.7. The predicted octanol–water partition coefficient (Wildman–Crippen LogP) is 1.21. The Kier molecular flexibility index (Phi) is 3.32. The third-order valence-electron chi connectivity index (χ3n) is 5.02. The number of likely N-dealkylation sites (tertiary alicyclic amines) is 1. The number of amides is 4. The normalized spacial score (nSPS) is 27.3. The second-order valence-electron chi connectivity index (χ2n) is 6.39. The molecular weight excluding hydrogens is 294 g/mol. The van der Waals surface area contributed by atoms with E-state index in [1.54, 1.807) is 9.80 Å². The van der Waals surface area contributed by atoms with Crippen LogP contribution in [0, 0.1) is 0 Å². The van der Waals surface area contributed by atoms with Crippen molar-refractivity contribution in [3.63, 3.8) is 0 Å². The van der Waals surface area contributed by atoms with Crippen LogP contribution in [0.4, 0.5) is 4.79 Å². The molecule has 0 aromatic heterocycles.